The SMILES string of the molecule is COc1cccc(C[NH+](C)CC(=O)N2CC(=O)Nc3ccccc32)c1OC. The lowest BCUT2D eigenvalue weighted by atomic mass is 10.1. The zero-order valence-corrected chi connectivity index (χ0v) is 15.7. The molecule has 2 aromatic rings. The van der Waals surface area contributed by atoms with Crippen molar-refractivity contribution in [3.8, 4) is 11.5 Å². The van der Waals surface area contributed by atoms with Gasteiger partial charge in [0, 0.05) is 0 Å². The van der Waals surface area contributed by atoms with Crippen LogP contribution in [0.1, 0.15) is 5.56 Å². The Bertz CT molecular complexity index is 853. The molecular weight excluding hydrogens is 346 g/mol. The maximum atomic E-state index is 12.9. The van der Waals surface area contributed by atoms with Gasteiger partial charge in [-0.3, -0.25) is 14.5 Å². The number of likely N-dealkylation sites (N-methyl/N-ethyl adjacent to an activating group) is 1. The summed E-state index contributed by atoms with van der Waals surface area (Å²) in [5.74, 6) is 1.05. The van der Waals surface area contributed by atoms with Crippen molar-refractivity contribution in [3.63, 3.8) is 0 Å². The van der Waals surface area contributed by atoms with Crippen LogP contribution in [0.2, 0.25) is 0 Å². The van der Waals surface area contributed by atoms with Crippen LogP contribution in [0.4, 0.5) is 11.4 Å². The Balaban J connectivity index is 1.73. The van der Waals surface area contributed by atoms with Crippen molar-refractivity contribution in [3.05, 3.63) is 48.0 Å². The van der Waals surface area contributed by atoms with Crippen molar-refractivity contribution in [1.82, 2.24) is 0 Å². The van der Waals surface area contributed by atoms with Gasteiger partial charge in [-0.1, -0.05) is 18.2 Å². The summed E-state index contributed by atoms with van der Waals surface area (Å²) in [7, 11) is 5.14. The number of ether oxygens (including phenoxy) is 2. The monoisotopic (exact) mass is 370 g/mol. The van der Waals surface area contributed by atoms with E-state index in [9.17, 15) is 9.59 Å². The van der Waals surface area contributed by atoms with Crippen molar-refractivity contribution in [2.45, 2.75) is 6.54 Å². The van der Waals surface area contributed by atoms with Gasteiger partial charge < -0.3 is 19.7 Å². The first-order valence-corrected chi connectivity index (χ1v) is 8.74. The number of carbonyl (C=O) groups is 2. The van der Waals surface area contributed by atoms with Gasteiger partial charge in [-0.15, -0.1) is 0 Å². The van der Waals surface area contributed by atoms with Gasteiger partial charge in [-0.05, 0) is 24.3 Å². The molecule has 1 aliphatic heterocycles. The molecule has 0 aromatic heterocycles. The highest BCUT2D eigenvalue weighted by Crippen LogP contribution is 2.30. The van der Waals surface area contributed by atoms with E-state index < -0.39 is 0 Å². The van der Waals surface area contributed by atoms with Crippen LogP contribution < -0.4 is 24.6 Å². The molecule has 2 N–H and O–H groups in total. The molecule has 27 heavy (non-hydrogen) atoms. The Labute approximate surface area is 158 Å². The molecule has 1 heterocycles. The lowest BCUT2D eigenvalue weighted by Crippen LogP contribution is -3.09. The fourth-order valence-electron chi connectivity index (χ4n) is 3.29. The number of quaternary nitrogens is 1. The number of methoxy groups -OCH3 is 2. The number of fused-ring (bicyclic) bond motifs is 1. The van der Waals surface area contributed by atoms with Crippen LogP contribution in [0.25, 0.3) is 0 Å². The highest BCUT2D eigenvalue weighted by molar-refractivity contribution is 6.10. The Hall–Kier alpha value is -3.06. The van der Waals surface area contributed by atoms with E-state index in [0.717, 1.165) is 16.2 Å². The third kappa shape index (κ3) is 4.03. The lowest BCUT2D eigenvalue weighted by Gasteiger charge is -2.29. The Morgan fingerprint density at radius 2 is 1.93 bits per heavy atom. The van der Waals surface area contributed by atoms with Gasteiger partial charge >= 0.3 is 0 Å². The fraction of sp³-hybridized carbons (Fsp3) is 0.300. The average Bonchev–Trinajstić information content (AvgIpc) is 2.66. The third-order valence-electron chi connectivity index (χ3n) is 4.50. The topological polar surface area (TPSA) is 72.3 Å². The fourth-order valence-corrected chi connectivity index (χ4v) is 3.29. The van der Waals surface area contributed by atoms with Crippen LogP contribution in [-0.4, -0.2) is 46.2 Å². The van der Waals surface area contributed by atoms with Crippen molar-refractivity contribution in [1.29, 1.82) is 0 Å². The highest BCUT2D eigenvalue weighted by Gasteiger charge is 2.28. The second kappa shape index (κ2) is 8.09. The molecule has 3 rings (SSSR count). The zero-order valence-electron chi connectivity index (χ0n) is 15.7. The van der Waals surface area contributed by atoms with Gasteiger partial charge in [-0.25, -0.2) is 0 Å². The average molecular weight is 370 g/mol. The van der Waals surface area contributed by atoms with E-state index >= 15 is 0 Å². The van der Waals surface area contributed by atoms with Gasteiger partial charge in [0.1, 0.15) is 13.1 Å². The summed E-state index contributed by atoms with van der Waals surface area (Å²) in [5, 5.41) is 2.80. The van der Waals surface area contributed by atoms with E-state index in [0.29, 0.717) is 23.7 Å². The summed E-state index contributed by atoms with van der Waals surface area (Å²) in [6.45, 7) is 0.876. The molecule has 1 unspecified atom stereocenters. The normalized spacial score (nSPS) is 14.2. The number of nitrogens with zero attached hydrogens (tertiary/aromatic N) is 1. The molecule has 0 saturated heterocycles. The minimum Gasteiger partial charge on any atom is -0.493 e. The Kier molecular flexibility index (Phi) is 5.61. The summed E-state index contributed by atoms with van der Waals surface area (Å²) < 4.78 is 10.8. The first-order chi connectivity index (χ1) is 13.0. The molecule has 0 bridgehead atoms. The van der Waals surface area contributed by atoms with E-state index in [1.807, 2.05) is 43.4 Å². The van der Waals surface area contributed by atoms with Gasteiger partial charge in [0.2, 0.25) is 5.91 Å². The van der Waals surface area contributed by atoms with Crippen molar-refractivity contribution in [2.75, 3.05) is 44.6 Å². The number of amides is 2. The molecule has 7 heteroatoms. The smallest absolute Gasteiger partial charge is 0.282 e. The Morgan fingerprint density at radius 1 is 1.15 bits per heavy atom. The summed E-state index contributed by atoms with van der Waals surface area (Å²) in [6, 6.07) is 13.0. The molecular formula is C20H24N3O4+. The second-order valence-electron chi connectivity index (χ2n) is 6.51. The van der Waals surface area contributed by atoms with Gasteiger partial charge in [0.05, 0.1) is 38.2 Å². The third-order valence-corrected chi connectivity index (χ3v) is 4.50. The Morgan fingerprint density at radius 3 is 2.67 bits per heavy atom. The molecule has 0 radical (unpaired) electrons. The van der Waals surface area contributed by atoms with Crippen molar-refractivity contribution < 1.29 is 24.0 Å². The van der Waals surface area contributed by atoms with Crippen LogP contribution in [0.3, 0.4) is 0 Å². The molecule has 0 spiro atoms. The number of hydrogen-bond donors (Lipinski definition) is 2. The molecule has 0 fully saturated rings. The molecule has 1 aliphatic rings. The van der Waals surface area contributed by atoms with Crippen LogP contribution in [0.15, 0.2) is 42.5 Å². The molecule has 142 valence electrons. The molecule has 0 aliphatic carbocycles. The minimum absolute atomic E-state index is 0.0333. The number of anilines is 2. The quantitative estimate of drug-likeness (QED) is 0.785. The molecule has 2 amide bonds. The summed E-state index contributed by atoms with van der Waals surface area (Å²) in [5.41, 5.74) is 2.35. The van der Waals surface area contributed by atoms with Crippen molar-refractivity contribution >= 4 is 23.2 Å². The van der Waals surface area contributed by atoms with Gasteiger partial charge in [-0.2, -0.15) is 0 Å². The number of hydrogen-bond acceptors (Lipinski definition) is 4. The van der Waals surface area contributed by atoms with E-state index in [1.165, 1.54) is 0 Å². The maximum Gasteiger partial charge on any atom is 0.282 e. The minimum atomic E-state index is -0.186. The van der Waals surface area contributed by atoms with E-state index in [1.54, 1.807) is 25.2 Å². The van der Waals surface area contributed by atoms with E-state index in [2.05, 4.69) is 5.32 Å². The van der Waals surface area contributed by atoms with Crippen molar-refractivity contribution in [2.24, 2.45) is 0 Å². The predicted octanol–water partition coefficient (Wildman–Crippen LogP) is 0.704. The van der Waals surface area contributed by atoms with Crippen LogP contribution in [0.5, 0.6) is 11.5 Å². The highest BCUT2D eigenvalue weighted by atomic mass is 16.5. The molecule has 1 atom stereocenters. The number of para-hydroxylation sites is 3. The van der Waals surface area contributed by atoms with Crippen LogP contribution in [-0.2, 0) is 16.1 Å². The maximum absolute atomic E-state index is 12.9. The number of rotatable bonds is 6. The first kappa shape index (κ1) is 18.7. The molecule has 2 aromatic carbocycles. The predicted molar refractivity (Wildman–Crippen MR) is 102 cm³/mol. The zero-order chi connectivity index (χ0) is 19.4. The summed E-state index contributed by atoms with van der Waals surface area (Å²) in [6.07, 6.45) is 0. The van der Waals surface area contributed by atoms with E-state index in [4.69, 9.17) is 9.47 Å². The summed E-state index contributed by atoms with van der Waals surface area (Å²) in [4.78, 5) is 27.3. The molecule has 0 saturated carbocycles. The number of benzene rings is 2. The largest absolute Gasteiger partial charge is 0.493 e. The summed E-state index contributed by atoms with van der Waals surface area (Å²) >= 11 is 0. The van der Waals surface area contributed by atoms with Crippen LogP contribution in [0, 0.1) is 0 Å². The van der Waals surface area contributed by atoms with Gasteiger partial charge in [0.15, 0.2) is 18.0 Å². The number of carbonyl (C=O) groups excluding carboxylic acids is 2. The van der Waals surface area contributed by atoms with Gasteiger partial charge in [0.25, 0.3) is 5.91 Å². The first-order valence-electron chi connectivity index (χ1n) is 8.74. The standard InChI is InChI=1S/C20H23N3O4/c1-22(11-14-7-6-10-17(26-2)20(14)27-3)13-19(25)23-12-18(24)21-15-8-4-5-9-16(15)23/h4-10H,11-13H2,1-3H3,(H,21,24)/p+1. The second-order valence-corrected chi connectivity index (χ2v) is 6.51. The molecule has 7 nitrogen and oxygen atoms in total. The van der Waals surface area contributed by atoms with Crippen LogP contribution >= 0.6 is 0 Å². The number of nitrogens with one attached hydrogen (secondary N) is 2. The lowest BCUT2D eigenvalue weighted by molar-refractivity contribution is -0.885. The van der Waals surface area contributed by atoms with E-state index in [-0.39, 0.29) is 24.9 Å².